The minimum absolute atomic E-state index is 0.325. The fraction of sp³-hybridized carbons (Fsp3) is 0.125. The molecule has 1 aromatic carbocycles. The Hall–Kier alpha value is -3.02. The molecule has 0 saturated carbocycles. The Balaban J connectivity index is 1.68. The van der Waals surface area contributed by atoms with Gasteiger partial charge in [0.1, 0.15) is 6.33 Å². The molecule has 0 radical (unpaired) electrons. The molecule has 3 rings (SSSR count). The largest absolute Gasteiger partial charge is 0.352 e. The summed E-state index contributed by atoms with van der Waals surface area (Å²) >= 11 is 0. The highest BCUT2D eigenvalue weighted by atomic mass is 16.1. The summed E-state index contributed by atoms with van der Waals surface area (Å²) in [5, 5.41) is 3.04. The molecule has 0 amide bonds. The maximum absolute atomic E-state index is 12.0. The lowest BCUT2D eigenvalue weighted by Gasteiger charge is -2.07. The number of hydrogen-bond acceptors (Lipinski definition) is 5. The molecular weight excluding hydrogens is 278 g/mol. The number of benzene rings is 1. The number of rotatable bonds is 5. The van der Waals surface area contributed by atoms with Gasteiger partial charge in [0.05, 0.1) is 12.2 Å². The van der Waals surface area contributed by atoms with Crippen molar-refractivity contribution in [1.29, 1.82) is 0 Å². The summed E-state index contributed by atoms with van der Waals surface area (Å²) in [7, 11) is 0. The maximum atomic E-state index is 12.0. The fourth-order valence-corrected chi connectivity index (χ4v) is 1.99. The first-order chi connectivity index (χ1) is 10.8. The highest BCUT2D eigenvalue weighted by Crippen LogP contribution is 2.02. The highest BCUT2D eigenvalue weighted by Gasteiger charge is 2.03. The van der Waals surface area contributed by atoms with Crippen LogP contribution in [0.5, 0.6) is 0 Å². The maximum Gasteiger partial charge on any atom is 0.352 e. The van der Waals surface area contributed by atoms with Crippen LogP contribution in [0.2, 0.25) is 0 Å². The smallest absolute Gasteiger partial charge is 0.350 e. The molecule has 0 aliphatic rings. The molecule has 0 aliphatic heterocycles. The van der Waals surface area contributed by atoms with Crippen LogP contribution in [-0.2, 0) is 13.1 Å². The van der Waals surface area contributed by atoms with Crippen LogP contribution in [0.3, 0.4) is 0 Å². The van der Waals surface area contributed by atoms with Crippen LogP contribution in [0.1, 0.15) is 11.3 Å². The first-order valence-electron chi connectivity index (χ1n) is 6.92. The Bertz CT molecular complexity index is 786. The quantitative estimate of drug-likeness (QED) is 0.775. The predicted octanol–water partition coefficient (Wildman–Crippen LogP) is 1.69. The van der Waals surface area contributed by atoms with Crippen LogP contribution in [0.4, 0.5) is 5.95 Å². The molecule has 0 aliphatic carbocycles. The number of pyridine rings is 1. The lowest BCUT2D eigenvalue weighted by Crippen LogP contribution is -2.25. The number of hydrogen-bond donors (Lipinski definition) is 1. The van der Waals surface area contributed by atoms with Gasteiger partial charge in [0, 0.05) is 12.7 Å². The topological polar surface area (TPSA) is 72.7 Å². The van der Waals surface area contributed by atoms with E-state index < -0.39 is 0 Å². The van der Waals surface area contributed by atoms with Crippen LogP contribution in [0.15, 0.2) is 65.8 Å². The summed E-state index contributed by atoms with van der Waals surface area (Å²) in [6, 6.07) is 15.4. The van der Waals surface area contributed by atoms with Crippen LogP contribution in [0.25, 0.3) is 0 Å². The molecule has 1 N–H and O–H groups in total. The Morgan fingerprint density at radius 1 is 1.00 bits per heavy atom. The van der Waals surface area contributed by atoms with E-state index in [4.69, 9.17) is 0 Å². The van der Waals surface area contributed by atoms with Crippen LogP contribution in [0, 0.1) is 0 Å². The molecule has 0 atom stereocenters. The van der Waals surface area contributed by atoms with Gasteiger partial charge >= 0.3 is 5.69 Å². The Labute approximate surface area is 127 Å². The third kappa shape index (κ3) is 3.54. The van der Waals surface area contributed by atoms with Crippen LogP contribution >= 0.6 is 0 Å². The highest BCUT2D eigenvalue weighted by molar-refractivity contribution is 5.25. The Morgan fingerprint density at radius 3 is 2.55 bits per heavy atom. The molecule has 0 spiro atoms. The number of nitrogens with one attached hydrogen (secondary N) is 1. The molecule has 22 heavy (non-hydrogen) atoms. The summed E-state index contributed by atoms with van der Waals surface area (Å²) < 4.78 is 1.43. The first kappa shape index (κ1) is 13.9. The number of nitrogens with zero attached hydrogens (tertiary/aromatic N) is 4. The number of anilines is 1. The summed E-state index contributed by atoms with van der Waals surface area (Å²) in [5.41, 5.74) is 1.54. The minimum atomic E-state index is -0.351. The predicted molar refractivity (Wildman–Crippen MR) is 83.4 cm³/mol. The van der Waals surface area contributed by atoms with Crippen molar-refractivity contribution < 1.29 is 0 Å². The molecule has 0 fully saturated rings. The second-order valence-corrected chi connectivity index (χ2v) is 4.75. The van der Waals surface area contributed by atoms with E-state index in [0.29, 0.717) is 19.0 Å². The molecular formula is C16H15N5O. The number of aromatic nitrogens is 4. The molecule has 2 aromatic heterocycles. The van der Waals surface area contributed by atoms with Gasteiger partial charge in [-0.25, -0.2) is 9.78 Å². The van der Waals surface area contributed by atoms with E-state index in [1.165, 1.54) is 10.9 Å². The molecule has 110 valence electrons. The second-order valence-electron chi connectivity index (χ2n) is 4.75. The van der Waals surface area contributed by atoms with Gasteiger partial charge < -0.3 is 5.32 Å². The van der Waals surface area contributed by atoms with Gasteiger partial charge in [0.15, 0.2) is 0 Å². The molecule has 6 heteroatoms. The van der Waals surface area contributed by atoms with Crippen molar-refractivity contribution in [1.82, 2.24) is 19.5 Å². The zero-order valence-corrected chi connectivity index (χ0v) is 11.9. The molecule has 0 unspecified atom stereocenters. The van der Waals surface area contributed by atoms with Crippen molar-refractivity contribution in [2.24, 2.45) is 0 Å². The van der Waals surface area contributed by atoms with E-state index in [-0.39, 0.29) is 5.69 Å². The van der Waals surface area contributed by atoms with Crippen molar-refractivity contribution in [3.05, 3.63) is 82.8 Å². The molecule has 2 heterocycles. The van der Waals surface area contributed by atoms with Gasteiger partial charge in [-0.1, -0.05) is 36.4 Å². The van der Waals surface area contributed by atoms with Crippen LogP contribution in [-0.4, -0.2) is 19.5 Å². The van der Waals surface area contributed by atoms with Gasteiger partial charge in [-0.15, -0.1) is 0 Å². The molecule has 0 bridgehead atoms. The third-order valence-corrected chi connectivity index (χ3v) is 3.12. The minimum Gasteiger partial charge on any atom is -0.350 e. The van der Waals surface area contributed by atoms with Gasteiger partial charge in [0.25, 0.3) is 0 Å². The standard InChI is InChI=1S/C16H15N5O/c22-16-20-15(18-10-13-6-2-1-3-7-13)19-12-21(16)11-14-8-4-5-9-17-14/h1-9,12H,10-11H2,(H,18,20,22). The average molecular weight is 293 g/mol. The van der Waals surface area contributed by atoms with E-state index in [1.54, 1.807) is 6.20 Å². The van der Waals surface area contributed by atoms with E-state index in [1.807, 2.05) is 48.5 Å². The lowest BCUT2D eigenvalue weighted by molar-refractivity contribution is 0.687. The first-order valence-corrected chi connectivity index (χ1v) is 6.92. The van der Waals surface area contributed by atoms with Crippen molar-refractivity contribution in [3.63, 3.8) is 0 Å². The Morgan fingerprint density at radius 2 is 1.82 bits per heavy atom. The lowest BCUT2D eigenvalue weighted by atomic mass is 10.2. The zero-order chi connectivity index (χ0) is 15.2. The SMILES string of the molecule is O=c1nc(NCc2ccccc2)ncn1Cc1ccccn1. The molecule has 0 saturated heterocycles. The summed E-state index contributed by atoms with van der Waals surface area (Å²) in [6.07, 6.45) is 3.17. The third-order valence-electron chi connectivity index (χ3n) is 3.12. The van der Waals surface area contributed by atoms with Crippen molar-refractivity contribution >= 4 is 5.95 Å². The average Bonchev–Trinajstić information content (AvgIpc) is 2.57. The van der Waals surface area contributed by atoms with E-state index >= 15 is 0 Å². The van der Waals surface area contributed by atoms with Crippen LogP contribution < -0.4 is 11.0 Å². The van der Waals surface area contributed by atoms with Gasteiger partial charge in [-0.2, -0.15) is 4.98 Å². The van der Waals surface area contributed by atoms with Crippen molar-refractivity contribution in [3.8, 4) is 0 Å². The van der Waals surface area contributed by atoms with Gasteiger partial charge in [-0.3, -0.25) is 9.55 Å². The van der Waals surface area contributed by atoms with E-state index in [0.717, 1.165) is 11.3 Å². The van der Waals surface area contributed by atoms with Crippen molar-refractivity contribution in [2.75, 3.05) is 5.32 Å². The summed E-state index contributed by atoms with van der Waals surface area (Å²) in [6.45, 7) is 0.934. The fourth-order valence-electron chi connectivity index (χ4n) is 1.99. The summed E-state index contributed by atoms with van der Waals surface area (Å²) in [4.78, 5) is 24.3. The molecule has 3 aromatic rings. The van der Waals surface area contributed by atoms with Crippen molar-refractivity contribution in [2.45, 2.75) is 13.1 Å². The molecule has 6 nitrogen and oxygen atoms in total. The van der Waals surface area contributed by atoms with Gasteiger partial charge in [0.2, 0.25) is 5.95 Å². The van der Waals surface area contributed by atoms with Gasteiger partial charge in [-0.05, 0) is 17.7 Å². The monoisotopic (exact) mass is 293 g/mol. The zero-order valence-electron chi connectivity index (χ0n) is 11.9. The summed E-state index contributed by atoms with van der Waals surface area (Å²) in [5.74, 6) is 0.325. The van der Waals surface area contributed by atoms with E-state index in [2.05, 4.69) is 20.3 Å². The van der Waals surface area contributed by atoms with E-state index in [9.17, 15) is 4.79 Å². The Kier molecular flexibility index (Phi) is 4.20. The normalized spacial score (nSPS) is 10.4. The second kappa shape index (κ2) is 6.62.